The smallest absolute Gasteiger partial charge is 0.410 e. The number of rotatable bonds is 12. The number of likely N-dealkylation sites (tertiary alicyclic amines) is 1. The fraction of sp³-hybridized carbons (Fsp3) is 0.455. The Morgan fingerprint density at radius 2 is 1.18 bits per heavy atom. The van der Waals surface area contributed by atoms with E-state index in [0.29, 0.717) is 47.3 Å². The second-order valence-electron chi connectivity index (χ2n) is 21.2. The molecule has 11 rings (SSSR count). The third-order valence-corrected chi connectivity index (χ3v) is 17.8. The molecule has 7 heterocycles. The lowest BCUT2D eigenvalue weighted by atomic mass is 9.65. The van der Waals surface area contributed by atoms with Gasteiger partial charge in [-0.1, -0.05) is 26.5 Å². The molecule has 2 aliphatic carbocycles. The summed E-state index contributed by atoms with van der Waals surface area (Å²) in [6, 6.07) is 19.7. The first-order valence-electron chi connectivity index (χ1n) is 25.4. The number of thiophene rings is 3. The monoisotopic (exact) mass is 1190 g/mol. The van der Waals surface area contributed by atoms with Crippen molar-refractivity contribution in [3.05, 3.63) is 113 Å². The predicted octanol–water partition coefficient (Wildman–Crippen LogP) is 14.3. The molecule has 0 unspecified atom stereocenters. The summed E-state index contributed by atoms with van der Waals surface area (Å²) in [4.78, 5) is 59.5. The van der Waals surface area contributed by atoms with Gasteiger partial charge in [0.15, 0.2) is 0 Å². The molecule has 2 spiro atoms. The fourth-order valence-corrected chi connectivity index (χ4v) is 13.0. The van der Waals surface area contributed by atoms with Crippen LogP contribution in [0.1, 0.15) is 160 Å². The van der Waals surface area contributed by atoms with Crippen LogP contribution in [-0.4, -0.2) is 89.9 Å². The topological polar surface area (TPSA) is 193 Å². The maximum absolute atomic E-state index is 13.0. The number of halogens is 7. The maximum atomic E-state index is 13.0. The molecule has 7 aromatic rings. The summed E-state index contributed by atoms with van der Waals surface area (Å²) in [6.45, 7) is 10.9. The minimum absolute atomic E-state index is 0. The largest absolute Gasteiger partial charge is 0.477 e. The minimum atomic E-state index is -2.61. The highest BCUT2D eigenvalue weighted by Gasteiger charge is 2.52. The number of aromatic carboxylic acids is 1. The molecule has 80 heavy (non-hydrogen) atoms. The van der Waals surface area contributed by atoms with E-state index >= 15 is 0 Å². The molecule has 15 nitrogen and oxygen atoms in total. The number of alkyl halides is 6. The number of carboxylic acids is 1. The van der Waals surface area contributed by atoms with Gasteiger partial charge in [-0.25, -0.2) is 45.9 Å². The van der Waals surface area contributed by atoms with Gasteiger partial charge in [-0.05, 0) is 155 Å². The molecular weight excluding hydrogens is 1130 g/mol. The first-order chi connectivity index (χ1) is 37.1. The average molecular weight is 1190 g/mol. The van der Waals surface area contributed by atoms with E-state index in [2.05, 4.69) is 43.1 Å². The van der Waals surface area contributed by atoms with Crippen LogP contribution >= 0.6 is 46.4 Å². The number of aromatic nitrogens is 4. The van der Waals surface area contributed by atoms with Crippen LogP contribution in [-0.2, 0) is 17.8 Å². The lowest BCUT2D eigenvalue weighted by Crippen LogP contribution is -2.43. The number of aryl methyl sites for hydroxylation is 1. The number of nitrogens with zero attached hydrogens (tertiary/aromatic N) is 5. The zero-order chi connectivity index (χ0) is 55.8. The van der Waals surface area contributed by atoms with E-state index in [1.165, 1.54) is 30.3 Å². The molecule has 4 fully saturated rings. The molecule has 2 aliphatic heterocycles. The molecule has 4 aliphatic rings. The highest BCUT2D eigenvalue weighted by molar-refractivity contribution is 7.14. The Balaban J connectivity index is 0.000000193. The summed E-state index contributed by atoms with van der Waals surface area (Å²) in [7, 11) is 0. The van der Waals surface area contributed by atoms with Gasteiger partial charge in [0.2, 0.25) is 11.9 Å². The van der Waals surface area contributed by atoms with Crippen molar-refractivity contribution in [3.63, 3.8) is 0 Å². The lowest BCUT2D eigenvalue weighted by Gasteiger charge is -2.46. The Morgan fingerprint density at radius 1 is 0.713 bits per heavy atom. The molecule has 2 saturated carbocycles. The second-order valence-corrected chi connectivity index (χ2v) is 24.5. The average Bonchev–Trinajstić information content (AvgIpc) is 4.43. The van der Waals surface area contributed by atoms with Crippen LogP contribution in [0.2, 0.25) is 0 Å². The number of ether oxygens (including phenoxy) is 1. The number of benzene rings is 2. The molecule has 0 radical (unpaired) electrons. The summed E-state index contributed by atoms with van der Waals surface area (Å²) < 4.78 is 85.3. The Kier molecular flexibility index (Phi) is 19.2. The van der Waals surface area contributed by atoms with Gasteiger partial charge >= 0.3 is 12.1 Å². The van der Waals surface area contributed by atoms with E-state index in [1.807, 2.05) is 51.1 Å². The molecule has 0 bridgehead atoms. The van der Waals surface area contributed by atoms with Crippen molar-refractivity contribution in [3.8, 4) is 0 Å². The van der Waals surface area contributed by atoms with Crippen LogP contribution in [0.4, 0.5) is 43.0 Å². The Labute approximate surface area is 476 Å². The summed E-state index contributed by atoms with van der Waals surface area (Å²) >= 11 is 2.18. The predicted molar refractivity (Wildman–Crippen MR) is 301 cm³/mol. The number of carboxylic acid groups (broad SMARTS) is 1. The summed E-state index contributed by atoms with van der Waals surface area (Å²) in [5.74, 6) is -1.22. The molecule has 25 heteroatoms. The van der Waals surface area contributed by atoms with Crippen molar-refractivity contribution in [1.82, 2.24) is 29.3 Å². The van der Waals surface area contributed by atoms with E-state index < -0.39 is 42.7 Å². The molecule has 2 saturated heterocycles. The van der Waals surface area contributed by atoms with Crippen molar-refractivity contribution in [2.45, 2.75) is 124 Å². The number of fused-ring (bicyclic) bond motifs is 2. The highest BCUT2D eigenvalue weighted by atomic mass is 35.5. The number of amides is 3. The molecule has 0 atom stereocenters. The number of hydrogen-bond donors (Lipinski definition) is 5. The van der Waals surface area contributed by atoms with Gasteiger partial charge in [0.1, 0.15) is 10.5 Å². The number of carbonyl (C=O) groups excluding carboxylic acids is 3. The third kappa shape index (κ3) is 13.5. The summed E-state index contributed by atoms with van der Waals surface area (Å²) in [5.41, 5.74) is 4.99. The number of nitrogens with one attached hydrogen (secondary N) is 3. The van der Waals surface area contributed by atoms with E-state index in [0.717, 1.165) is 114 Å². The van der Waals surface area contributed by atoms with Gasteiger partial charge in [0.25, 0.3) is 31.1 Å². The van der Waals surface area contributed by atoms with Gasteiger partial charge < -0.3 is 34.3 Å². The van der Waals surface area contributed by atoms with Crippen LogP contribution in [0, 0.1) is 10.8 Å². The van der Waals surface area contributed by atoms with Crippen molar-refractivity contribution in [1.29, 1.82) is 0 Å². The third-order valence-electron chi connectivity index (χ3n) is 14.6. The number of hydrogen-bond acceptors (Lipinski definition) is 12. The second kappa shape index (κ2) is 25.0. The number of aliphatic hydroxyl groups excluding tert-OH is 1. The van der Waals surface area contributed by atoms with Gasteiger partial charge in [-0.2, -0.15) is 0 Å². The number of aliphatic hydroxyl groups is 1. The molecule has 5 N–H and O–H groups in total. The Hall–Kier alpha value is -6.05. The minimum Gasteiger partial charge on any atom is -0.477 e. The SMILES string of the molecule is C.CCc1ccc2c(c1)nc(NC(=O)c1ccc(C(F)F)s1)n2C1CC2(CCN(C(=O)OC(C)(C)C)C2)C1.Cl.O=C(Nc1nc2cc(CO)ccc2n1C1CC2(CCNC2)C1)c1ccc(C(F)F)s1.O=C(O)c1ccc(C(F)F)s1. The van der Waals surface area contributed by atoms with E-state index in [1.54, 1.807) is 4.90 Å². The zero-order valence-electron chi connectivity index (χ0n) is 43.4. The summed E-state index contributed by atoms with van der Waals surface area (Å²) in [5, 5.41) is 26.9. The van der Waals surface area contributed by atoms with Crippen molar-refractivity contribution < 1.29 is 60.5 Å². The van der Waals surface area contributed by atoms with Crippen molar-refractivity contribution in [2.24, 2.45) is 10.8 Å². The van der Waals surface area contributed by atoms with Gasteiger partial charge in [0, 0.05) is 31.7 Å². The fourth-order valence-electron chi connectivity index (χ4n) is 10.8. The normalized spacial score (nSPS) is 20.2. The molecule has 5 aromatic heterocycles. The van der Waals surface area contributed by atoms with Gasteiger partial charge in [0.05, 0.1) is 53.1 Å². The first kappa shape index (κ1) is 61.6. The lowest BCUT2D eigenvalue weighted by molar-refractivity contribution is 0.0199. The first-order valence-corrected chi connectivity index (χ1v) is 27.8. The van der Waals surface area contributed by atoms with Gasteiger partial charge in [-0.3, -0.25) is 20.2 Å². The highest BCUT2D eigenvalue weighted by Crippen LogP contribution is 2.56. The standard InChI is InChI=1S/C27H32F2N4O3S.C21H22F2N4O2S.C6H4F2O2S.CH4.ClH/c1-5-16-6-7-19-18(12-16)30-24(31-23(34)21-9-8-20(37-21)22(28)29)33(19)17-13-27(14-17)10-11-32(15-27)25(35)36-26(2,3)4;22-18(23)16-3-4-17(30-16)19(29)26-20-25-14-7-12(10-28)1-2-15(14)27(20)13-8-21(9-13)5-6-24-11-21;7-5(8)3-1-2-4(11-3)6(9)10;;/h6-9,12,17,22H,5,10-11,13-15H2,1-4H3,(H,30,31,34);1-4,7,13,18,24,28H,5-6,8-11H2,(H,25,26,29);1-2,5H,(H,9,10);1H4;1H. The summed E-state index contributed by atoms with van der Waals surface area (Å²) in [6.07, 6.45) is -1.42. The van der Waals surface area contributed by atoms with Crippen LogP contribution in [0.5, 0.6) is 0 Å². The van der Waals surface area contributed by atoms with Crippen LogP contribution < -0.4 is 16.0 Å². The van der Waals surface area contributed by atoms with Crippen LogP contribution in [0.15, 0.2) is 72.8 Å². The van der Waals surface area contributed by atoms with E-state index in [9.17, 15) is 50.6 Å². The van der Waals surface area contributed by atoms with Crippen molar-refractivity contribution in [2.75, 3.05) is 36.8 Å². The Morgan fingerprint density at radius 3 is 1.59 bits per heavy atom. The number of carbonyl (C=O) groups is 4. The molecule has 3 amide bonds. The van der Waals surface area contributed by atoms with E-state index in [-0.39, 0.29) is 79.3 Å². The molecular formula is C55H63ClF6N8O7S3. The quantitative estimate of drug-likeness (QED) is 0.0735. The van der Waals surface area contributed by atoms with Crippen LogP contribution in [0.25, 0.3) is 22.1 Å². The number of anilines is 2. The van der Waals surface area contributed by atoms with Crippen molar-refractivity contribution >= 4 is 104 Å². The van der Waals surface area contributed by atoms with Gasteiger partial charge in [-0.15, -0.1) is 46.4 Å². The number of imidazole rings is 2. The zero-order valence-corrected chi connectivity index (χ0v) is 46.6. The molecule has 432 valence electrons. The maximum Gasteiger partial charge on any atom is 0.410 e. The molecule has 2 aromatic carbocycles. The van der Waals surface area contributed by atoms with Crippen LogP contribution in [0.3, 0.4) is 0 Å². The van der Waals surface area contributed by atoms with E-state index in [4.69, 9.17) is 14.8 Å². The Bertz CT molecular complexity index is 3330.